The quantitative estimate of drug-likeness (QED) is 0.460. The molecule has 0 aliphatic heterocycles. The first-order chi connectivity index (χ1) is 10.6. The van der Waals surface area contributed by atoms with Gasteiger partial charge < -0.3 is 9.13 Å². The number of hydrogen-bond donors (Lipinski definition) is 1. The summed E-state index contributed by atoms with van der Waals surface area (Å²) in [5.74, 6) is 0. The number of nitro groups is 1. The molecule has 1 aromatic carbocycles. The molecule has 0 saturated carbocycles. The number of rotatable bonds is 4. The second-order valence-electron chi connectivity index (χ2n) is 4.71. The summed E-state index contributed by atoms with van der Waals surface area (Å²) < 4.78 is 25.4. The summed E-state index contributed by atoms with van der Waals surface area (Å²) in [5, 5.41) is 16.2. The Balaban J connectivity index is 3.20. The van der Waals surface area contributed by atoms with Gasteiger partial charge in [-0.25, -0.2) is 13.6 Å². The van der Waals surface area contributed by atoms with Gasteiger partial charge in [0.2, 0.25) is 10.0 Å². The van der Waals surface area contributed by atoms with Crippen LogP contribution in [0.15, 0.2) is 26.6 Å². The number of aryl methyl sites for hydroxylation is 2. The van der Waals surface area contributed by atoms with Crippen LogP contribution in [0, 0.1) is 10.1 Å². The Labute approximate surface area is 130 Å². The Hall–Kier alpha value is -2.53. The standard InChI is InChI=1S/C12H14N4O6S/c1-3-14-7-5-9(16(19)20)10(23(13,21)22)6-8(7)15(4-2)12(18)11(14)17/h5-6H,3-4H2,1-2H3,(H2,13,21,22). The minimum atomic E-state index is -4.38. The van der Waals surface area contributed by atoms with Gasteiger partial charge in [-0.1, -0.05) is 0 Å². The second-order valence-corrected chi connectivity index (χ2v) is 6.24. The number of nitrogens with zero attached hydrogens (tertiary/aromatic N) is 3. The molecule has 0 amide bonds. The van der Waals surface area contributed by atoms with Crippen LogP contribution >= 0.6 is 0 Å². The summed E-state index contributed by atoms with van der Waals surface area (Å²) in [6.45, 7) is 3.38. The van der Waals surface area contributed by atoms with E-state index in [-0.39, 0.29) is 24.1 Å². The molecule has 2 rings (SSSR count). The van der Waals surface area contributed by atoms with Crippen molar-refractivity contribution < 1.29 is 13.3 Å². The van der Waals surface area contributed by atoms with Gasteiger partial charge >= 0.3 is 11.1 Å². The summed E-state index contributed by atoms with van der Waals surface area (Å²) in [5.41, 5.74) is -2.23. The van der Waals surface area contributed by atoms with Crippen LogP contribution in [-0.4, -0.2) is 22.5 Å². The third-order valence-electron chi connectivity index (χ3n) is 3.45. The van der Waals surface area contributed by atoms with E-state index in [2.05, 4.69) is 0 Å². The first-order valence-corrected chi connectivity index (χ1v) is 8.16. The van der Waals surface area contributed by atoms with Crippen LogP contribution in [0.3, 0.4) is 0 Å². The molecular formula is C12H14N4O6S. The van der Waals surface area contributed by atoms with Gasteiger partial charge in [-0.05, 0) is 19.9 Å². The number of fused-ring (bicyclic) bond motifs is 1. The van der Waals surface area contributed by atoms with Gasteiger partial charge in [0.05, 0.1) is 16.0 Å². The number of aromatic nitrogens is 2. The summed E-state index contributed by atoms with van der Waals surface area (Å²) in [6, 6.07) is 1.91. The molecule has 0 aliphatic rings. The summed E-state index contributed by atoms with van der Waals surface area (Å²) in [6.07, 6.45) is 0. The van der Waals surface area contributed by atoms with Gasteiger partial charge in [-0.2, -0.15) is 0 Å². The van der Waals surface area contributed by atoms with Crippen LogP contribution in [0.5, 0.6) is 0 Å². The van der Waals surface area contributed by atoms with E-state index in [1.807, 2.05) is 0 Å². The maximum absolute atomic E-state index is 12.1. The Morgan fingerprint density at radius 1 is 1.09 bits per heavy atom. The second kappa shape index (κ2) is 5.59. The van der Waals surface area contributed by atoms with Crippen LogP contribution in [0.2, 0.25) is 0 Å². The lowest BCUT2D eigenvalue weighted by atomic mass is 10.2. The lowest BCUT2D eigenvalue weighted by Crippen LogP contribution is -2.41. The highest BCUT2D eigenvalue weighted by Crippen LogP contribution is 2.27. The van der Waals surface area contributed by atoms with Crippen LogP contribution in [0.4, 0.5) is 5.69 Å². The molecule has 2 aromatic rings. The Kier molecular flexibility index (Phi) is 4.09. The Morgan fingerprint density at radius 3 is 1.87 bits per heavy atom. The largest absolute Gasteiger partial charge is 0.316 e. The molecule has 0 aliphatic carbocycles. The van der Waals surface area contributed by atoms with E-state index in [0.717, 1.165) is 21.3 Å². The zero-order valence-electron chi connectivity index (χ0n) is 12.3. The molecule has 1 heterocycles. The van der Waals surface area contributed by atoms with Crippen molar-refractivity contribution >= 4 is 26.7 Å². The lowest BCUT2D eigenvalue weighted by molar-refractivity contribution is -0.387. The normalized spacial score (nSPS) is 11.8. The zero-order chi connectivity index (χ0) is 17.5. The molecule has 0 saturated heterocycles. The molecule has 10 nitrogen and oxygen atoms in total. The Morgan fingerprint density at radius 2 is 1.52 bits per heavy atom. The molecule has 124 valence electrons. The van der Waals surface area contributed by atoms with Crippen LogP contribution < -0.4 is 16.3 Å². The monoisotopic (exact) mass is 342 g/mol. The molecule has 1 aromatic heterocycles. The van der Waals surface area contributed by atoms with Gasteiger partial charge in [-0.15, -0.1) is 0 Å². The summed E-state index contributed by atoms with van der Waals surface area (Å²) in [7, 11) is -4.38. The third kappa shape index (κ3) is 2.64. The molecule has 23 heavy (non-hydrogen) atoms. The molecule has 0 bridgehead atoms. The van der Waals surface area contributed by atoms with Crippen molar-refractivity contribution in [2.75, 3.05) is 0 Å². The fourth-order valence-electron chi connectivity index (χ4n) is 2.43. The van der Waals surface area contributed by atoms with E-state index >= 15 is 0 Å². The maximum atomic E-state index is 12.1. The van der Waals surface area contributed by atoms with Crippen molar-refractivity contribution in [1.29, 1.82) is 0 Å². The maximum Gasteiger partial charge on any atom is 0.316 e. The van der Waals surface area contributed by atoms with Crippen LogP contribution in [-0.2, 0) is 23.1 Å². The molecule has 0 atom stereocenters. The van der Waals surface area contributed by atoms with E-state index in [9.17, 15) is 28.1 Å². The first-order valence-electron chi connectivity index (χ1n) is 6.62. The molecule has 0 unspecified atom stereocenters. The van der Waals surface area contributed by atoms with Crippen LogP contribution in [0.25, 0.3) is 11.0 Å². The highest BCUT2D eigenvalue weighted by Gasteiger charge is 2.26. The van der Waals surface area contributed by atoms with Crippen LogP contribution in [0.1, 0.15) is 13.8 Å². The molecular weight excluding hydrogens is 328 g/mol. The van der Waals surface area contributed by atoms with Gasteiger partial charge in [-0.3, -0.25) is 19.7 Å². The molecule has 0 spiro atoms. The number of primary sulfonamides is 1. The smallest absolute Gasteiger partial charge is 0.302 e. The van der Waals surface area contributed by atoms with Crippen molar-refractivity contribution in [3.05, 3.63) is 43.0 Å². The fourth-order valence-corrected chi connectivity index (χ4v) is 3.13. The molecule has 11 heteroatoms. The number of hydrogen-bond acceptors (Lipinski definition) is 6. The van der Waals surface area contributed by atoms with Crippen molar-refractivity contribution in [1.82, 2.24) is 9.13 Å². The number of nitrogens with two attached hydrogens (primary N) is 1. The zero-order valence-corrected chi connectivity index (χ0v) is 13.2. The predicted molar refractivity (Wildman–Crippen MR) is 81.8 cm³/mol. The minimum absolute atomic E-state index is 0.0913. The SMILES string of the molecule is CCn1c(=O)c(=O)n(CC)c2cc(S(N)(=O)=O)c([N+](=O)[O-])cc21. The lowest BCUT2D eigenvalue weighted by Gasteiger charge is -2.13. The number of sulfonamides is 1. The average Bonchev–Trinajstić information content (AvgIpc) is 2.46. The number of benzene rings is 1. The van der Waals surface area contributed by atoms with E-state index in [1.165, 1.54) is 0 Å². The highest BCUT2D eigenvalue weighted by atomic mass is 32.2. The van der Waals surface area contributed by atoms with Crippen molar-refractivity contribution in [2.24, 2.45) is 5.14 Å². The number of nitro benzene ring substituents is 1. The van der Waals surface area contributed by atoms with Gasteiger partial charge in [0.15, 0.2) is 4.90 Å². The van der Waals surface area contributed by atoms with E-state index in [0.29, 0.717) is 0 Å². The van der Waals surface area contributed by atoms with E-state index < -0.39 is 36.6 Å². The topological polar surface area (TPSA) is 147 Å². The van der Waals surface area contributed by atoms with Crippen molar-refractivity contribution in [2.45, 2.75) is 31.8 Å². The van der Waals surface area contributed by atoms with Gasteiger partial charge in [0.25, 0.3) is 5.69 Å². The summed E-state index contributed by atoms with van der Waals surface area (Å²) >= 11 is 0. The average molecular weight is 342 g/mol. The first kappa shape index (κ1) is 16.8. The van der Waals surface area contributed by atoms with Gasteiger partial charge in [0.1, 0.15) is 0 Å². The fraction of sp³-hybridized carbons (Fsp3) is 0.333. The third-order valence-corrected chi connectivity index (χ3v) is 4.39. The van der Waals surface area contributed by atoms with E-state index in [4.69, 9.17) is 5.14 Å². The van der Waals surface area contributed by atoms with Crippen molar-refractivity contribution in [3.8, 4) is 0 Å². The Bertz CT molecular complexity index is 1030. The molecule has 2 N–H and O–H groups in total. The van der Waals surface area contributed by atoms with E-state index in [1.54, 1.807) is 13.8 Å². The minimum Gasteiger partial charge on any atom is -0.302 e. The molecule has 0 radical (unpaired) electrons. The predicted octanol–water partition coefficient (Wildman–Crippen LogP) is -0.241. The van der Waals surface area contributed by atoms with Crippen molar-refractivity contribution in [3.63, 3.8) is 0 Å². The van der Waals surface area contributed by atoms with Gasteiger partial charge in [0, 0.05) is 19.2 Å². The highest BCUT2D eigenvalue weighted by molar-refractivity contribution is 7.89. The summed E-state index contributed by atoms with van der Waals surface area (Å²) in [4.78, 5) is 33.7. The molecule has 0 fully saturated rings.